The number of fused-ring (bicyclic) bond motifs is 1. The van der Waals surface area contributed by atoms with Crippen LogP contribution >= 0.6 is 0 Å². The Morgan fingerprint density at radius 1 is 0.939 bits per heavy atom. The summed E-state index contributed by atoms with van der Waals surface area (Å²) in [7, 11) is -3.60. The molecule has 0 bridgehead atoms. The molecule has 10 heteroatoms. The molecule has 0 atom stereocenters. The van der Waals surface area contributed by atoms with Gasteiger partial charge in [0, 0.05) is 37.6 Å². The highest BCUT2D eigenvalue weighted by molar-refractivity contribution is 7.89. The van der Waals surface area contributed by atoms with Crippen molar-refractivity contribution in [3.05, 3.63) is 75.6 Å². The van der Waals surface area contributed by atoms with E-state index in [0.29, 0.717) is 44.2 Å². The molecule has 1 fully saturated rings. The van der Waals surface area contributed by atoms with Crippen LogP contribution in [0.2, 0.25) is 0 Å². The maximum absolute atomic E-state index is 13.4. The fourth-order valence-electron chi connectivity index (χ4n) is 4.00. The number of benzene rings is 2. The molecule has 1 aliphatic rings. The fourth-order valence-corrected chi connectivity index (χ4v) is 5.43. The second-order valence-corrected chi connectivity index (χ2v) is 9.90. The molecule has 2 aromatic carbocycles. The van der Waals surface area contributed by atoms with Gasteiger partial charge in [0.2, 0.25) is 10.0 Å². The highest BCUT2D eigenvalue weighted by atomic mass is 32.2. The molecule has 0 aliphatic carbocycles. The number of hydrogen-bond donors (Lipinski definition) is 0. The Balaban J connectivity index is 1.56. The summed E-state index contributed by atoms with van der Waals surface area (Å²) in [4.78, 5) is 13.8. The number of piperazine rings is 1. The van der Waals surface area contributed by atoms with Crippen molar-refractivity contribution >= 4 is 21.0 Å². The Labute approximate surface area is 189 Å². The minimum atomic E-state index is -4.69. The van der Waals surface area contributed by atoms with Crippen LogP contribution in [0, 0.1) is 0 Å². The van der Waals surface area contributed by atoms with E-state index < -0.39 is 27.4 Å². The Morgan fingerprint density at radius 2 is 1.58 bits per heavy atom. The molecular formula is C23H23F3N2O4S. The van der Waals surface area contributed by atoms with Crippen molar-refractivity contribution in [2.75, 3.05) is 32.7 Å². The third-order valence-electron chi connectivity index (χ3n) is 5.86. The molecule has 0 saturated carbocycles. The van der Waals surface area contributed by atoms with Crippen LogP contribution in [0.15, 0.2) is 62.6 Å². The standard InChI is InChI=1S/C23H23F3N2O4S/c1-2-27-9-11-28(12-10-27)33(30,31)18-6-3-16(4-7-18)13-17-5-8-21-19(14-17)20(23(24,25)26)15-22(29)32-21/h3-8,14-15H,2,9-13H2,1H3. The van der Waals surface area contributed by atoms with Crippen molar-refractivity contribution in [2.24, 2.45) is 0 Å². The van der Waals surface area contributed by atoms with Crippen LogP contribution in [0.25, 0.3) is 11.0 Å². The Bertz CT molecular complexity index is 1310. The van der Waals surface area contributed by atoms with E-state index in [-0.39, 0.29) is 15.9 Å². The molecule has 6 nitrogen and oxygen atoms in total. The van der Waals surface area contributed by atoms with Crippen LogP contribution in [0.1, 0.15) is 23.6 Å². The third kappa shape index (κ3) is 4.97. The summed E-state index contributed by atoms with van der Waals surface area (Å²) in [5.41, 5.74) is -0.915. The first-order valence-corrected chi connectivity index (χ1v) is 12.0. The minimum absolute atomic E-state index is 0.136. The van der Waals surface area contributed by atoms with E-state index >= 15 is 0 Å². The molecule has 0 N–H and O–H groups in total. The smallest absolute Gasteiger partial charge is 0.417 e. The van der Waals surface area contributed by atoms with Crippen LogP contribution in [0.5, 0.6) is 0 Å². The van der Waals surface area contributed by atoms with Crippen molar-refractivity contribution < 1.29 is 26.0 Å². The van der Waals surface area contributed by atoms with Gasteiger partial charge in [-0.05, 0) is 48.4 Å². The molecular weight excluding hydrogens is 457 g/mol. The first-order valence-electron chi connectivity index (χ1n) is 10.5. The van der Waals surface area contributed by atoms with Crippen molar-refractivity contribution in [1.29, 1.82) is 0 Å². The monoisotopic (exact) mass is 480 g/mol. The van der Waals surface area contributed by atoms with Gasteiger partial charge in [0.25, 0.3) is 0 Å². The molecule has 3 aromatic rings. The average molecular weight is 481 g/mol. The highest BCUT2D eigenvalue weighted by Gasteiger charge is 2.34. The van der Waals surface area contributed by atoms with E-state index in [0.717, 1.165) is 12.1 Å². The first-order chi connectivity index (χ1) is 15.6. The maximum atomic E-state index is 13.4. The van der Waals surface area contributed by atoms with Gasteiger partial charge >= 0.3 is 11.8 Å². The zero-order valence-corrected chi connectivity index (χ0v) is 18.7. The summed E-state index contributed by atoms with van der Waals surface area (Å²) < 4.78 is 72.3. The predicted octanol–water partition coefficient (Wildman–Crippen LogP) is 3.73. The van der Waals surface area contributed by atoms with E-state index in [9.17, 15) is 26.4 Å². The number of rotatable bonds is 5. The van der Waals surface area contributed by atoms with Crippen molar-refractivity contribution in [3.8, 4) is 0 Å². The molecule has 2 heterocycles. The van der Waals surface area contributed by atoms with E-state index in [1.54, 1.807) is 18.2 Å². The number of hydrogen-bond acceptors (Lipinski definition) is 5. The summed E-state index contributed by atoms with van der Waals surface area (Å²) in [6.07, 6.45) is -4.40. The Morgan fingerprint density at radius 3 is 2.18 bits per heavy atom. The van der Waals surface area contributed by atoms with Gasteiger partial charge in [-0.1, -0.05) is 25.1 Å². The molecule has 0 radical (unpaired) electrons. The first kappa shape index (κ1) is 23.5. The minimum Gasteiger partial charge on any atom is -0.423 e. The molecule has 0 unspecified atom stereocenters. The van der Waals surface area contributed by atoms with Crippen LogP contribution < -0.4 is 5.63 Å². The van der Waals surface area contributed by atoms with E-state index in [2.05, 4.69) is 4.90 Å². The lowest BCUT2D eigenvalue weighted by atomic mass is 10.0. The summed E-state index contributed by atoms with van der Waals surface area (Å²) in [5, 5.41) is -0.190. The van der Waals surface area contributed by atoms with Gasteiger partial charge in [0.05, 0.1) is 10.5 Å². The molecule has 0 spiro atoms. The Hall–Kier alpha value is -2.69. The van der Waals surface area contributed by atoms with Gasteiger partial charge in [-0.2, -0.15) is 17.5 Å². The van der Waals surface area contributed by atoms with Crippen LogP contribution in [-0.4, -0.2) is 50.3 Å². The molecule has 4 rings (SSSR count). The van der Waals surface area contributed by atoms with Gasteiger partial charge in [0.1, 0.15) is 5.58 Å². The second kappa shape index (κ2) is 8.92. The van der Waals surface area contributed by atoms with Crippen LogP contribution in [0.3, 0.4) is 0 Å². The number of likely N-dealkylation sites (N-methyl/N-ethyl adjacent to an activating group) is 1. The molecule has 1 aliphatic heterocycles. The van der Waals surface area contributed by atoms with E-state index in [1.165, 1.54) is 28.6 Å². The number of alkyl halides is 3. The lowest BCUT2D eigenvalue weighted by Gasteiger charge is -2.33. The van der Waals surface area contributed by atoms with Gasteiger partial charge in [-0.25, -0.2) is 13.2 Å². The summed E-state index contributed by atoms with van der Waals surface area (Å²) in [6.45, 7) is 5.18. The lowest BCUT2D eigenvalue weighted by molar-refractivity contribution is -0.136. The van der Waals surface area contributed by atoms with Crippen molar-refractivity contribution in [1.82, 2.24) is 9.21 Å². The summed E-state index contributed by atoms with van der Waals surface area (Å²) in [5.74, 6) is 0. The molecule has 1 aromatic heterocycles. The number of nitrogens with zero attached hydrogens (tertiary/aromatic N) is 2. The molecule has 176 valence electrons. The summed E-state index contributed by atoms with van der Waals surface area (Å²) in [6, 6.07) is 11.1. The molecule has 0 amide bonds. The van der Waals surface area contributed by atoms with Gasteiger partial charge in [-0.3, -0.25) is 0 Å². The SMILES string of the molecule is CCN1CCN(S(=O)(=O)c2ccc(Cc3ccc4oc(=O)cc(C(F)(F)F)c4c3)cc2)CC1. The largest absolute Gasteiger partial charge is 0.423 e. The highest BCUT2D eigenvalue weighted by Crippen LogP contribution is 2.34. The van der Waals surface area contributed by atoms with Gasteiger partial charge < -0.3 is 9.32 Å². The van der Waals surface area contributed by atoms with E-state index in [4.69, 9.17) is 4.42 Å². The van der Waals surface area contributed by atoms with Crippen molar-refractivity contribution in [2.45, 2.75) is 24.4 Å². The predicted molar refractivity (Wildman–Crippen MR) is 118 cm³/mol. The topological polar surface area (TPSA) is 70.8 Å². The number of sulfonamides is 1. The quantitative estimate of drug-likeness (QED) is 0.521. The van der Waals surface area contributed by atoms with Gasteiger partial charge in [-0.15, -0.1) is 0 Å². The van der Waals surface area contributed by atoms with E-state index in [1.807, 2.05) is 6.92 Å². The zero-order valence-electron chi connectivity index (χ0n) is 17.9. The van der Waals surface area contributed by atoms with Crippen molar-refractivity contribution in [3.63, 3.8) is 0 Å². The Kier molecular flexibility index (Phi) is 6.35. The normalized spacial score (nSPS) is 16.4. The zero-order chi connectivity index (χ0) is 23.8. The second-order valence-electron chi connectivity index (χ2n) is 7.97. The molecule has 1 saturated heterocycles. The maximum Gasteiger partial charge on any atom is 0.417 e. The van der Waals surface area contributed by atoms with Crippen LogP contribution in [-0.2, 0) is 22.6 Å². The number of halogens is 3. The van der Waals surface area contributed by atoms with Crippen LogP contribution in [0.4, 0.5) is 13.2 Å². The third-order valence-corrected chi connectivity index (χ3v) is 7.77. The molecule has 33 heavy (non-hydrogen) atoms. The summed E-state index contributed by atoms with van der Waals surface area (Å²) >= 11 is 0. The average Bonchev–Trinajstić information content (AvgIpc) is 2.78. The fraction of sp³-hybridized carbons (Fsp3) is 0.348. The lowest BCUT2D eigenvalue weighted by Crippen LogP contribution is -2.48. The van der Waals surface area contributed by atoms with Gasteiger partial charge in [0.15, 0.2) is 0 Å².